The van der Waals surface area contributed by atoms with Gasteiger partial charge in [0, 0.05) is 25.4 Å². The van der Waals surface area contributed by atoms with E-state index in [1.54, 1.807) is 7.05 Å². The maximum atomic E-state index is 11.2. The number of hydrogen-bond donors (Lipinski definition) is 2. The van der Waals surface area contributed by atoms with Crippen molar-refractivity contribution in [3.63, 3.8) is 0 Å². The predicted molar refractivity (Wildman–Crippen MR) is 91.9 cm³/mol. The lowest BCUT2D eigenvalue weighted by atomic mass is 9.85. The van der Waals surface area contributed by atoms with Gasteiger partial charge in [-0.2, -0.15) is 0 Å². The molecule has 2 N–H and O–H groups in total. The Hall–Kier alpha value is -0.780. The van der Waals surface area contributed by atoms with E-state index in [1.165, 1.54) is 44.8 Å². The van der Waals surface area contributed by atoms with Gasteiger partial charge in [-0.15, -0.1) is 0 Å². The van der Waals surface area contributed by atoms with Crippen LogP contribution in [-0.4, -0.2) is 45.5 Å². The molecule has 0 heterocycles. The minimum absolute atomic E-state index is 0.104. The van der Waals surface area contributed by atoms with E-state index >= 15 is 0 Å². The third kappa shape index (κ3) is 5.78. The minimum Gasteiger partial charge on any atom is -0.354 e. The molecule has 0 bridgehead atoms. The monoisotopic (exact) mass is 329 g/mol. The number of sulfone groups is 1. The fourth-order valence-corrected chi connectivity index (χ4v) is 4.29. The first kappa shape index (κ1) is 17.6. The quantitative estimate of drug-likeness (QED) is 0.577. The molecule has 2 saturated carbocycles. The summed E-state index contributed by atoms with van der Waals surface area (Å²) < 4.78 is 22.4. The van der Waals surface area contributed by atoms with Gasteiger partial charge in [-0.1, -0.05) is 32.1 Å². The van der Waals surface area contributed by atoms with E-state index in [4.69, 9.17) is 0 Å². The summed E-state index contributed by atoms with van der Waals surface area (Å²) in [4.78, 5) is 4.28. The lowest BCUT2D eigenvalue weighted by Crippen LogP contribution is -2.44. The van der Waals surface area contributed by atoms with Gasteiger partial charge in [-0.25, -0.2) is 8.42 Å². The molecule has 2 aliphatic carbocycles. The van der Waals surface area contributed by atoms with E-state index in [1.807, 2.05) is 6.92 Å². The SMILES string of the molecule is CN=C(NC(C)CCS(C)(=O)=O)NC1CC1C1CCCCC1. The van der Waals surface area contributed by atoms with E-state index < -0.39 is 9.84 Å². The zero-order chi connectivity index (χ0) is 16.2. The van der Waals surface area contributed by atoms with Crippen molar-refractivity contribution in [2.45, 2.75) is 64.0 Å². The van der Waals surface area contributed by atoms with Gasteiger partial charge in [0.05, 0.1) is 5.75 Å². The fourth-order valence-electron chi connectivity index (χ4n) is 3.51. The average Bonchev–Trinajstić information content (AvgIpc) is 3.24. The predicted octanol–water partition coefficient (Wildman–Crippen LogP) is 1.94. The molecule has 5 nitrogen and oxygen atoms in total. The Morgan fingerprint density at radius 2 is 1.95 bits per heavy atom. The molecule has 0 aromatic heterocycles. The van der Waals surface area contributed by atoms with Gasteiger partial charge in [-0.05, 0) is 31.6 Å². The van der Waals surface area contributed by atoms with Crippen LogP contribution in [0.5, 0.6) is 0 Å². The van der Waals surface area contributed by atoms with Gasteiger partial charge < -0.3 is 10.6 Å². The number of hydrogen-bond acceptors (Lipinski definition) is 3. The van der Waals surface area contributed by atoms with Crippen LogP contribution in [0.4, 0.5) is 0 Å². The molecule has 2 aliphatic rings. The first-order valence-corrected chi connectivity index (χ1v) is 10.6. The first-order valence-electron chi connectivity index (χ1n) is 8.56. The third-order valence-corrected chi connectivity index (χ3v) is 5.92. The smallest absolute Gasteiger partial charge is 0.191 e. The summed E-state index contributed by atoms with van der Waals surface area (Å²) in [6, 6.07) is 0.657. The molecule has 3 atom stereocenters. The third-order valence-electron chi connectivity index (χ3n) is 4.95. The summed E-state index contributed by atoms with van der Waals surface area (Å²) >= 11 is 0. The highest BCUT2D eigenvalue weighted by molar-refractivity contribution is 7.90. The summed E-state index contributed by atoms with van der Waals surface area (Å²) in [5.74, 6) is 2.73. The van der Waals surface area contributed by atoms with Crippen LogP contribution in [0.1, 0.15) is 51.9 Å². The van der Waals surface area contributed by atoms with Crippen molar-refractivity contribution in [2.24, 2.45) is 16.8 Å². The Morgan fingerprint density at radius 3 is 2.55 bits per heavy atom. The molecule has 3 unspecified atom stereocenters. The number of nitrogens with one attached hydrogen (secondary N) is 2. The number of guanidine groups is 1. The number of rotatable bonds is 6. The second kappa shape index (κ2) is 7.66. The molecule has 2 fully saturated rings. The van der Waals surface area contributed by atoms with Crippen LogP contribution in [0.2, 0.25) is 0 Å². The molecule has 0 aromatic carbocycles. The second-order valence-corrected chi connectivity index (χ2v) is 9.34. The summed E-state index contributed by atoms with van der Waals surface area (Å²) in [6.45, 7) is 2.00. The summed E-state index contributed by atoms with van der Waals surface area (Å²) in [5, 5.41) is 6.81. The molecule has 22 heavy (non-hydrogen) atoms. The van der Waals surface area contributed by atoms with Gasteiger partial charge in [0.15, 0.2) is 5.96 Å². The Labute approximate surface area is 135 Å². The van der Waals surface area contributed by atoms with Crippen molar-refractivity contribution in [3.8, 4) is 0 Å². The van der Waals surface area contributed by atoms with Gasteiger partial charge in [0.25, 0.3) is 0 Å². The Kier molecular flexibility index (Phi) is 6.12. The molecule has 6 heteroatoms. The van der Waals surface area contributed by atoms with Crippen molar-refractivity contribution >= 4 is 15.8 Å². The molecule has 0 radical (unpaired) electrons. The molecule has 0 amide bonds. The summed E-state index contributed by atoms with van der Waals surface area (Å²) in [5.41, 5.74) is 0. The van der Waals surface area contributed by atoms with Crippen molar-refractivity contribution < 1.29 is 8.42 Å². The van der Waals surface area contributed by atoms with E-state index in [9.17, 15) is 8.42 Å². The fraction of sp³-hybridized carbons (Fsp3) is 0.938. The van der Waals surface area contributed by atoms with E-state index in [2.05, 4.69) is 15.6 Å². The van der Waals surface area contributed by atoms with E-state index in [0.29, 0.717) is 12.5 Å². The molecule has 0 aliphatic heterocycles. The lowest BCUT2D eigenvalue weighted by molar-refractivity contribution is 0.315. The molecule has 0 saturated heterocycles. The maximum absolute atomic E-state index is 11.2. The average molecular weight is 330 g/mol. The molecular weight excluding hydrogens is 298 g/mol. The van der Waals surface area contributed by atoms with Gasteiger partial charge in [-0.3, -0.25) is 4.99 Å². The molecular formula is C16H31N3O2S. The van der Waals surface area contributed by atoms with Crippen LogP contribution in [0, 0.1) is 11.8 Å². The molecule has 128 valence electrons. The van der Waals surface area contributed by atoms with Gasteiger partial charge in [0.1, 0.15) is 9.84 Å². The maximum Gasteiger partial charge on any atom is 0.191 e. The lowest BCUT2D eigenvalue weighted by Gasteiger charge is -2.22. The second-order valence-electron chi connectivity index (χ2n) is 7.08. The molecule has 0 spiro atoms. The number of nitrogens with zero attached hydrogens (tertiary/aromatic N) is 1. The van der Waals surface area contributed by atoms with Crippen LogP contribution in [0.15, 0.2) is 4.99 Å². The number of aliphatic imine (C=N–C) groups is 1. The van der Waals surface area contributed by atoms with Gasteiger partial charge in [0.2, 0.25) is 0 Å². The Morgan fingerprint density at radius 1 is 1.27 bits per heavy atom. The molecule has 0 aromatic rings. The van der Waals surface area contributed by atoms with Crippen LogP contribution in [0.3, 0.4) is 0 Å². The van der Waals surface area contributed by atoms with Crippen LogP contribution >= 0.6 is 0 Å². The minimum atomic E-state index is -2.90. The van der Waals surface area contributed by atoms with Crippen molar-refractivity contribution in [3.05, 3.63) is 0 Å². The summed E-state index contributed by atoms with van der Waals surface area (Å²) in [6.07, 6.45) is 10.1. The topological polar surface area (TPSA) is 70.6 Å². The first-order chi connectivity index (χ1) is 10.4. The zero-order valence-corrected chi connectivity index (χ0v) is 15.0. The van der Waals surface area contributed by atoms with Crippen LogP contribution in [-0.2, 0) is 9.84 Å². The summed E-state index contributed by atoms with van der Waals surface area (Å²) in [7, 11) is -1.12. The zero-order valence-electron chi connectivity index (χ0n) is 14.1. The van der Waals surface area contributed by atoms with Crippen molar-refractivity contribution in [1.82, 2.24) is 10.6 Å². The van der Waals surface area contributed by atoms with E-state index in [0.717, 1.165) is 17.8 Å². The standard InChI is InChI=1S/C16H31N3O2S/c1-12(9-10-22(3,20)21)18-16(17-2)19-15-11-14(15)13-7-5-4-6-8-13/h12-15H,4-11H2,1-3H3,(H2,17,18,19). The highest BCUT2D eigenvalue weighted by Gasteiger charge is 2.43. The van der Waals surface area contributed by atoms with Gasteiger partial charge >= 0.3 is 0 Å². The largest absolute Gasteiger partial charge is 0.354 e. The van der Waals surface area contributed by atoms with Crippen molar-refractivity contribution in [1.29, 1.82) is 0 Å². The Balaban J connectivity index is 1.72. The highest BCUT2D eigenvalue weighted by atomic mass is 32.2. The Bertz CT molecular complexity index is 484. The van der Waals surface area contributed by atoms with E-state index in [-0.39, 0.29) is 11.8 Å². The van der Waals surface area contributed by atoms with Crippen LogP contribution < -0.4 is 10.6 Å². The normalized spacial score (nSPS) is 28.2. The van der Waals surface area contributed by atoms with Crippen LogP contribution in [0.25, 0.3) is 0 Å². The molecule has 2 rings (SSSR count). The highest BCUT2D eigenvalue weighted by Crippen LogP contribution is 2.44. The van der Waals surface area contributed by atoms with Crippen molar-refractivity contribution in [2.75, 3.05) is 19.1 Å².